The molecular formula is C36H49NO13. The topological polar surface area (TPSA) is 190 Å². The van der Waals surface area contributed by atoms with Gasteiger partial charge in [-0.3, -0.25) is 4.79 Å². The molecule has 0 aromatic carbocycles. The van der Waals surface area contributed by atoms with Gasteiger partial charge in [-0.2, -0.15) is 0 Å². The molecule has 11 atom stereocenters. The van der Waals surface area contributed by atoms with E-state index in [-0.39, 0.29) is 25.2 Å². The highest BCUT2D eigenvalue weighted by Crippen LogP contribution is 2.78. The molecule has 2 aliphatic heterocycles. The Balaban J connectivity index is 1.59. The average Bonchev–Trinajstić information content (AvgIpc) is 3.20. The summed E-state index contributed by atoms with van der Waals surface area (Å²) in [7, 11) is 1.15. The third kappa shape index (κ3) is 5.10. The summed E-state index contributed by atoms with van der Waals surface area (Å²) in [6.45, 7) is 16.6. The van der Waals surface area contributed by atoms with E-state index >= 15 is 0 Å². The van der Waals surface area contributed by atoms with Gasteiger partial charge in [0.1, 0.15) is 17.7 Å². The smallest absolute Gasteiger partial charge is 0.408 e. The third-order valence-electron chi connectivity index (χ3n) is 11.9. The number of hydrogen-bond acceptors (Lipinski definition) is 13. The van der Waals surface area contributed by atoms with Crippen LogP contribution >= 0.6 is 0 Å². The summed E-state index contributed by atoms with van der Waals surface area (Å²) < 4.78 is 34.5. The number of allylic oxidation sites excluding steroid dienone is 3. The molecule has 50 heavy (non-hydrogen) atoms. The predicted molar refractivity (Wildman–Crippen MR) is 173 cm³/mol. The van der Waals surface area contributed by atoms with Gasteiger partial charge in [0.15, 0.2) is 11.5 Å². The summed E-state index contributed by atoms with van der Waals surface area (Å²) in [4.78, 5) is 80.4. The maximum atomic E-state index is 14.0. The first kappa shape index (κ1) is 37.5. The Morgan fingerprint density at radius 3 is 2.34 bits per heavy atom. The molecule has 5 aliphatic rings. The van der Waals surface area contributed by atoms with Crippen molar-refractivity contribution < 1.29 is 62.3 Å². The lowest BCUT2D eigenvalue weighted by molar-refractivity contribution is -0.311. The number of hydrogen-bond donors (Lipinski definition) is 2. The van der Waals surface area contributed by atoms with Crippen LogP contribution in [-0.4, -0.2) is 90.1 Å². The summed E-state index contributed by atoms with van der Waals surface area (Å²) >= 11 is 0. The van der Waals surface area contributed by atoms with Crippen LogP contribution in [0, 0.1) is 34.0 Å². The molecule has 2 N–H and O–H groups in total. The lowest BCUT2D eigenvalue weighted by atomic mass is 9.33. The van der Waals surface area contributed by atoms with Gasteiger partial charge in [-0.15, -0.1) is 0 Å². The summed E-state index contributed by atoms with van der Waals surface area (Å²) in [5.74, 6) is -6.02. The lowest BCUT2D eigenvalue weighted by Crippen LogP contribution is -2.82. The van der Waals surface area contributed by atoms with Gasteiger partial charge in [-0.1, -0.05) is 26.3 Å². The van der Waals surface area contributed by atoms with E-state index in [9.17, 15) is 33.9 Å². The number of alkyl carbamates (subject to hydrolysis) is 1. The number of carbonyl (C=O) groups excluding carboxylic acids is 6. The second-order valence-electron chi connectivity index (χ2n) is 16.2. The number of ether oxygens (including phenoxy) is 6. The molecule has 14 nitrogen and oxygen atoms in total. The van der Waals surface area contributed by atoms with Gasteiger partial charge in [0.05, 0.1) is 25.2 Å². The quantitative estimate of drug-likeness (QED) is 0.233. The molecule has 14 heteroatoms. The fourth-order valence-corrected chi connectivity index (χ4v) is 10.1. The fraction of sp³-hybridized carbons (Fsp3) is 0.722. The van der Waals surface area contributed by atoms with Crippen LogP contribution in [-0.2, 0) is 52.4 Å². The molecule has 2 saturated heterocycles. The highest BCUT2D eigenvalue weighted by Gasteiger charge is 2.89. The minimum atomic E-state index is -2.12. The highest BCUT2D eigenvalue weighted by atomic mass is 16.6. The molecule has 4 fully saturated rings. The molecule has 2 bridgehead atoms. The largest absolute Gasteiger partial charge is 0.467 e. The Kier molecular flexibility index (Phi) is 9.13. The lowest BCUT2D eigenvalue weighted by Gasteiger charge is -2.71. The molecule has 1 unspecified atom stereocenters. The first-order chi connectivity index (χ1) is 23.0. The van der Waals surface area contributed by atoms with Crippen molar-refractivity contribution in [3.8, 4) is 0 Å². The summed E-state index contributed by atoms with van der Waals surface area (Å²) in [5, 5.41) is 14.6. The fourth-order valence-electron chi connectivity index (χ4n) is 10.1. The molecule has 1 spiro atoms. The monoisotopic (exact) mass is 703 g/mol. The number of ketones is 1. The van der Waals surface area contributed by atoms with Gasteiger partial charge < -0.3 is 38.8 Å². The van der Waals surface area contributed by atoms with Crippen molar-refractivity contribution in [1.29, 1.82) is 0 Å². The molecule has 1 amide bonds. The molecule has 0 aromatic heterocycles. The van der Waals surface area contributed by atoms with Gasteiger partial charge in [-0.05, 0) is 83.6 Å². The van der Waals surface area contributed by atoms with E-state index in [1.54, 1.807) is 55.4 Å². The Labute approximate surface area is 291 Å². The number of Topliss-reactive ketones (excluding diaryl/α,β-unsaturated/α-hetero) is 1. The standard InChI is InChI=1S/C36H49NO13/c1-16(2)12-23(39)48-27-29(42)47-22-13-20-17(3)24(49-28(41)19(5)37-31(44)50-32(6,7)8)21(38)14-33(20,9)25-18(4)26(40)36(30(43)45-11)34(27,10)35(22,25)15-46-36/h12,18-20,22,25-27,40H,13-15H2,1-11H3,(H,37,44)/t18-,19+,20+,22-,25?,26+,27+,33+,34-,35-,36+/m1/s1. The van der Waals surface area contributed by atoms with E-state index < -0.39 is 105 Å². The summed E-state index contributed by atoms with van der Waals surface area (Å²) in [5.41, 5.74) is -5.73. The maximum absolute atomic E-state index is 14.0. The third-order valence-corrected chi connectivity index (χ3v) is 11.9. The Morgan fingerprint density at radius 1 is 1.12 bits per heavy atom. The number of fused-ring (bicyclic) bond motifs is 2. The zero-order chi connectivity index (χ0) is 37.5. The van der Waals surface area contributed by atoms with Crippen molar-refractivity contribution in [1.82, 2.24) is 5.32 Å². The van der Waals surface area contributed by atoms with E-state index in [1.807, 2.05) is 6.92 Å². The van der Waals surface area contributed by atoms with Gasteiger partial charge in [0, 0.05) is 17.9 Å². The molecule has 0 aromatic rings. The zero-order valence-electron chi connectivity index (χ0n) is 30.6. The van der Waals surface area contributed by atoms with Crippen LogP contribution < -0.4 is 5.32 Å². The molecule has 276 valence electrons. The van der Waals surface area contributed by atoms with Gasteiger partial charge >= 0.3 is 30.0 Å². The second-order valence-corrected chi connectivity index (χ2v) is 16.2. The summed E-state index contributed by atoms with van der Waals surface area (Å²) in [6.07, 6.45) is -3.73. The zero-order valence-corrected chi connectivity index (χ0v) is 30.6. The van der Waals surface area contributed by atoms with Crippen LogP contribution in [0.1, 0.15) is 82.1 Å². The Morgan fingerprint density at radius 2 is 1.76 bits per heavy atom. The van der Waals surface area contributed by atoms with Crippen molar-refractivity contribution in [2.24, 2.45) is 34.0 Å². The van der Waals surface area contributed by atoms with Gasteiger partial charge in [0.25, 0.3) is 0 Å². The molecular weight excluding hydrogens is 654 g/mol. The van der Waals surface area contributed by atoms with Crippen molar-refractivity contribution in [3.63, 3.8) is 0 Å². The molecule has 2 saturated carbocycles. The number of methoxy groups -OCH3 is 1. The van der Waals surface area contributed by atoms with Crippen LogP contribution in [0.3, 0.4) is 0 Å². The number of aliphatic hydroxyl groups is 1. The average molecular weight is 704 g/mol. The van der Waals surface area contributed by atoms with Gasteiger partial charge in [0.2, 0.25) is 11.7 Å². The second kappa shape index (κ2) is 12.2. The Hall–Kier alpha value is -3.78. The molecule has 3 aliphatic carbocycles. The van der Waals surface area contributed by atoms with E-state index in [2.05, 4.69) is 5.32 Å². The maximum Gasteiger partial charge on any atom is 0.408 e. The molecule has 2 heterocycles. The van der Waals surface area contributed by atoms with Crippen LogP contribution in [0.25, 0.3) is 0 Å². The molecule has 5 rings (SSSR count). The first-order valence-electron chi connectivity index (χ1n) is 16.9. The summed E-state index contributed by atoms with van der Waals surface area (Å²) in [6, 6.07) is -1.15. The number of esters is 4. The number of amides is 1. The Bertz CT molecular complexity index is 1590. The van der Waals surface area contributed by atoms with E-state index in [1.165, 1.54) is 13.0 Å². The normalized spacial score (nSPS) is 39.2. The first-order valence-corrected chi connectivity index (χ1v) is 16.9. The van der Waals surface area contributed by atoms with Crippen molar-refractivity contribution in [2.75, 3.05) is 13.7 Å². The number of rotatable bonds is 6. The van der Waals surface area contributed by atoms with Crippen molar-refractivity contribution >= 4 is 35.8 Å². The number of nitrogens with one attached hydrogen (secondary N) is 1. The van der Waals surface area contributed by atoms with Gasteiger partial charge in [-0.25, -0.2) is 24.0 Å². The van der Waals surface area contributed by atoms with Crippen LogP contribution in [0.15, 0.2) is 23.0 Å². The van der Waals surface area contributed by atoms with E-state index in [0.717, 1.165) is 7.11 Å². The van der Waals surface area contributed by atoms with E-state index in [0.29, 0.717) is 11.1 Å². The number of aliphatic hydroxyl groups excluding tert-OH is 1. The minimum Gasteiger partial charge on any atom is -0.467 e. The number of carbonyl (C=O) groups is 6. The van der Waals surface area contributed by atoms with Crippen LogP contribution in [0.4, 0.5) is 4.79 Å². The van der Waals surface area contributed by atoms with Crippen molar-refractivity contribution in [3.05, 3.63) is 23.0 Å². The SMILES string of the molecule is COC(=O)[C@@]12OC[C@]34C([C@@H](C)[C@@H]1O)[C@@]1(C)CC(=O)C(OC(=O)[C@H](C)NC(=O)OC(C)(C)C)=C(C)[C@@H]1C[C@H]3OC(=O)[C@H](OC(=O)C=C(C)C)[C@@]24C. The van der Waals surface area contributed by atoms with E-state index in [4.69, 9.17) is 28.4 Å². The van der Waals surface area contributed by atoms with Crippen LogP contribution in [0.2, 0.25) is 0 Å². The molecule has 0 radical (unpaired) electrons. The highest BCUT2D eigenvalue weighted by molar-refractivity contribution is 5.99. The minimum absolute atomic E-state index is 0.126. The predicted octanol–water partition coefficient (Wildman–Crippen LogP) is 3.08. The van der Waals surface area contributed by atoms with Crippen LogP contribution in [0.5, 0.6) is 0 Å². The van der Waals surface area contributed by atoms with Crippen molar-refractivity contribution in [2.45, 2.75) is 118 Å².